The molecule has 0 aromatic heterocycles. The summed E-state index contributed by atoms with van der Waals surface area (Å²) in [6.07, 6.45) is 2.82. The average Bonchev–Trinajstić information content (AvgIpc) is 2.23. The zero-order valence-electron chi connectivity index (χ0n) is 10.0. The van der Waals surface area contributed by atoms with Crippen molar-refractivity contribution in [1.82, 2.24) is 0 Å². The molecule has 16 heavy (non-hydrogen) atoms. The molecule has 1 aliphatic rings. The predicted molar refractivity (Wildman–Crippen MR) is 67.1 cm³/mol. The van der Waals surface area contributed by atoms with Gasteiger partial charge in [0, 0.05) is 30.9 Å². The maximum absolute atomic E-state index is 10.2. The summed E-state index contributed by atoms with van der Waals surface area (Å²) < 4.78 is 0. The second-order valence-corrected chi connectivity index (χ2v) is 4.78. The summed E-state index contributed by atoms with van der Waals surface area (Å²) >= 11 is 0. The minimum atomic E-state index is 0.0882. The molecule has 0 fully saturated rings. The molecule has 1 aliphatic heterocycles. The van der Waals surface area contributed by atoms with E-state index in [2.05, 4.69) is 18.0 Å². The first-order valence-electron chi connectivity index (χ1n) is 5.90. The number of hydrogen-bond acceptors (Lipinski definition) is 3. The zero-order valence-corrected chi connectivity index (χ0v) is 10.0. The van der Waals surface area contributed by atoms with Gasteiger partial charge < -0.3 is 15.7 Å². The number of aromatic hydroxyl groups is 1. The van der Waals surface area contributed by atoms with Crippen molar-refractivity contribution in [3.05, 3.63) is 23.3 Å². The summed E-state index contributed by atoms with van der Waals surface area (Å²) in [4.78, 5) is 2.20. The number of phenolic OH excluding ortho intramolecular Hbond substituents is 1. The summed E-state index contributed by atoms with van der Waals surface area (Å²) in [6.45, 7) is 3.03. The number of phenols is 1. The molecular weight excluding hydrogens is 200 g/mol. The first-order valence-corrected chi connectivity index (χ1v) is 5.90. The highest BCUT2D eigenvalue weighted by Gasteiger charge is 2.19. The Bertz CT molecular complexity index is 388. The van der Waals surface area contributed by atoms with Gasteiger partial charge in [-0.25, -0.2) is 0 Å². The number of fused-ring (bicyclic) bond motifs is 1. The molecule has 1 aromatic carbocycles. The molecule has 0 amide bonds. The normalized spacial score (nSPS) is 17.1. The van der Waals surface area contributed by atoms with E-state index in [0.29, 0.717) is 5.75 Å². The predicted octanol–water partition coefficient (Wildman–Crippen LogP) is 1.66. The molecule has 1 aromatic rings. The molecule has 0 saturated heterocycles. The lowest BCUT2D eigenvalue weighted by molar-refractivity contribution is 0.456. The van der Waals surface area contributed by atoms with Gasteiger partial charge in [-0.3, -0.25) is 0 Å². The number of nitrogens with zero attached hydrogens (tertiary/aromatic N) is 1. The molecule has 2 rings (SSSR count). The molecule has 3 N–H and O–H groups in total. The second-order valence-electron chi connectivity index (χ2n) is 4.78. The molecule has 3 heteroatoms. The van der Waals surface area contributed by atoms with Crippen molar-refractivity contribution in [2.45, 2.75) is 32.2 Å². The largest absolute Gasteiger partial charge is 0.507 e. The van der Waals surface area contributed by atoms with Gasteiger partial charge in [0.1, 0.15) is 5.75 Å². The monoisotopic (exact) mass is 220 g/mol. The van der Waals surface area contributed by atoms with E-state index in [9.17, 15) is 5.11 Å². The van der Waals surface area contributed by atoms with Gasteiger partial charge in [-0.2, -0.15) is 0 Å². The molecular formula is C13H20N2O. The Balaban J connectivity index is 2.39. The Hall–Kier alpha value is -1.22. The smallest absolute Gasteiger partial charge is 0.124 e. The van der Waals surface area contributed by atoms with Crippen molar-refractivity contribution in [2.75, 3.05) is 18.5 Å². The first-order chi connectivity index (χ1) is 7.59. The molecule has 1 atom stereocenters. The van der Waals surface area contributed by atoms with Crippen LogP contribution in [0.25, 0.3) is 0 Å². The van der Waals surface area contributed by atoms with Crippen LogP contribution in [0.4, 0.5) is 5.69 Å². The van der Waals surface area contributed by atoms with Crippen molar-refractivity contribution in [1.29, 1.82) is 0 Å². The van der Waals surface area contributed by atoms with Crippen molar-refractivity contribution < 1.29 is 5.11 Å². The van der Waals surface area contributed by atoms with Crippen LogP contribution in [-0.2, 0) is 12.8 Å². The standard InChI is InChI=1S/C13H20N2O/c1-9(14)8-10-5-6-12-11(13(10)16)4-3-7-15(12)2/h5-6,9,16H,3-4,7-8,14H2,1-2H3. The fourth-order valence-corrected chi connectivity index (χ4v) is 2.40. The van der Waals surface area contributed by atoms with Crippen LogP contribution >= 0.6 is 0 Å². The van der Waals surface area contributed by atoms with Gasteiger partial charge in [0.2, 0.25) is 0 Å². The average molecular weight is 220 g/mol. The summed E-state index contributed by atoms with van der Waals surface area (Å²) in [6, 6.07) is 4.19. The van der Waals surface area contributed by atoms with E-state index in [1.165, 1.54) is 0 Å². The summed E-state index contributed by atoms with van der Waals surface area (Å²) in [5.41, 5.74) is 9.00. The molecule has 0 spiro atoms. The van der Waals surface area contributed by atoms with Gasteiger partial charge in [-0.15, -0.1) is 0 Å². The Labute approximate surface area is 96.9 Å². The first kappa shape index (κ1) is 11.3. The maximum atomic E-state index is 10.2. The van der Waals surface area contributed by atoms with Crippen LogP contribution in [0.15, 0.2) is 12.1 Å². The lowest BCUT2D eigenvalue weighted by Crippen LogP contribution is -2.25. The summed E-state index contributed by atoms with van der Waals surface area (Å²) in [7, 11) is 2.07. The zero-order chi connectivity index (χ0) is 11.7. The van der Waals surface area contributed by atoms with Crippen molar-refractivity contribution in [3.8, 4) is 5.75 Å². The van der Waals surface area contributed by atoms with Crippen LogP contribution in [0.3, 0.4) is 0 Å². The lowest BCUT2D eigenvalue weighted by atomic mass is 9.95. The van der Waals surface area contributed by atoms with Crippen LogP contribution in [0.5, 0.6) is 5.75 Å². The third kappa shape index (κ3) is 2.00. The molecule has 88 valence electrons. The second kappa shape index (κ2) is 4.34. The minimum Gasteiger partial charge on any atom is -0.507 e. The van der Waals surface area contributed by atoms with Gasteiger partial charge >= 0.3 is 0 Å². The number of rotatable bonds is 2. The quantitative estimate of drug-likeness (QED) is 0.797. The van der Waals surface area contributed by atoms with Crippen molar-refractivity contribution in [3.63, 3.8) is 0 Å². The molecule has 0 saturated carbocycles. The molecule has 0 radical (unpaired) electrons. The van der Waals surface area contributed by atoms with Crippen molar-refractivity contribution >= 4 is 5.69 Å². The van der Waals surface area contributed by atoms with E-state index in [0.717, 1.165) is 42.6 Å². The third-order valence-electron chi connectivity index (χ3n) is 3.22. The van der Waals surface area contributed by atoms with Crippen LogP contribution in [0, 0.1) is 0 Å². The molecule has 3 nitrogen and oxygen atoms in total. The number of benzene rings is 1. The van der Waals surface area contributed by atoms with Gasteiger partial charge in [0.15, 0.2) is 0 Å². The fourth-order valence-electron chi connectivity index (χ4n) is 2.40. The van der Waals surface area contributed by atoms with Crippen LogP contribution in [0.2, 0.25) is 0 Å². The Kier molecular flexibility index (Phi) is 3.06. The van der Waals surface area contributed by atoms with E-state index >= 15 is 0 Å². The number of nitrogens with two attached hydrogens (primary N) is 1. The summed E-state index contributed by atoms with van der Waals surface area (Å²) in [5.74, 6) is 0.460. The molecule has 1 heterocycles. The Morgan fingerprint density at radius 2 is 2.25 bits per heavy atom. The highest BCUT2D eigenvalue weighted by Crippen LogP contribution is 2.35. The van der Waals surface area contributed by atoms with Crippen molar-refractivity contribution in [2.24, 2.45) is 5.73 Å². The SMILES string of the molecule is CC(N)Cc1ccc2c(c1O)CCCN2C. The van der Waals surface area contributed by atoms with Gasteiger partial charge in [0.25, 0.3) is 0 Å². The van der Waals surface area contributed by atoms with E-state index in [-0.39, 0.29) is 6.04 Å². The maximum Gasteiger partial charge on any atom is 0.124 e. The molecule has 1 unspecified atom stereocenters. The molecule has 0 bridgehead atoms. The van der Waals surface area contributed by atoms with E-state index in [4.69, 9.17) is 5.73 Å². The topological polar surface area (TPSA) is 49.5 Å². The Morgan fingerprint density at radius 1 is 1.50 bits per heavy atom. The minimum absolute atomic E-state index is 0.0882. The highest BCUT2D eigenvalue weighted by atomic mass is 16.3. The number of hydrogen-bond donors (Lipinski definition) is 2. The molecule has 0 aliphatic carbocycles. The van der Waals surface area contributed by atoms with Gasteiger partial charge in [0.05, 0.1) is 0 Å². The summed E-state index contributed by atoms with van der Waals surface area (Å²) in [5, 5.41) is 10.2. The van der Waals surface area contributed by atoms with Gasteiger partial charge in [-0.05, 0) is 37.8 Å². The van der Waals surface area contributed by atoms with E-state index in [1.54, 1.807) is 0 Å². The van der Waals surface area contributed by atoms with E-state index in [1.807, 2.05) is 13.0 Å². The fraction of sp³-hybridized carbons (Fsp3) is 0.538. The van der Waals surface area contributed by atoms with Gasteiger partial charge in [-0.1, -0.05) is 6.07 Å². The number of anilines is 1. The lowest BCUT2D eigenvalue weighted by Gasteiger charge is -2.28. The van der Waals surface area contributed by atoms with Crippen LogP contribution in [0.1, 0.15) is 24.5 Å². The van der Waals surface area contributed by atoms with Crippen LogP contribution < -0.4 is 10.6 Å². The third-order valence-corrected chi connectivity index (χ3v) is 3.22. The highest BCUT2D eigenvalue weighted by molar-refractivity contribution is 5.62. The van der Waals surface area contributed by atoms with Crippen LogP contribution in [-0.4, -0.2) is 24.7 Å². The Morgan fingerprint density at radius 3 is 2.94 bits per heavy atom. The van der Waals surface area contributed by atoms with E-state index < -0.39 is 0 Å².